The molecule has 1 unspecified atom stereocenters. The molecule has 3 rings (SSSR count). The second-order valence-electron chi connectivity index (χ2n) is 5.97. The quantitative estimate of drug-likeness (QED) is 0.494. The van der Waals surface area contributed by atoms with Gasteiger partial charge in [-0.2, -0.15) is 0 Å². The van der Waals surface area contributed by atoms with Crippen molar-refractivity contribution in [1.29, 1.82) is 0 Å². The van der Waals surface area contributed by atoms with Gasteiger partial charge in [0.1, 0.15) is 5.75 Å². The summed E-state index contributed by atoms with van der Waals surface area (Å²) in [5.41, 5.74) is 2.73. The first-order valence-corrected chi connectivity index (χ1v) is 9.19. The molecule has 0 aliphatic rings. The smallest absolute Gasteiger partial charge is 0.165 e. The predicted molar refractivity (Wildman–Crippen MR) is 109 cm³/mol. The first-order valence-electron chi connectivity index (χ1n) is 8.40. The van der Waals surface area contributed by atoms with Crippen LogP contribution in [-0.4, -0.2) is 12.9 Å². The van der Waals surface area contributed by atoms with Crippen LogP contribution in [0.5, 0.6) is 5.75 Å². The summed E-state index contributed by atoms with van der Waals surface area (Å²) in [6, 6.07) is 25.0. The summed E-state index contributed by atoms with van der Waals surface area (Å²) < 4.78 is 6.26. The fraction of sp³-hybridized carbons (Fsp3) is 0.136. The molecule has 0 bridgehead atoms. The zero-order valence-electron chi connectivity index (χ0n) is 14.5. The van der Waals surface area contributed by atoms with E-state index in [2.05, 4.69) is 21.2 Å². The Morgan fingerprint density at radius 1 is 0.962 bits per heavy atom. The number of nitrogens with one attached hydrogen (secondary N) is 1. The third-order valence-electron chi connectivity index (χ3n) is 4.19. The standard InChI is InChI=1S/C22H20BrNO2/c1-26-20-13-7-16(8-14-20)21(24-19-11-9-18(23)10-12-19)15-22(25)17-5-3-2-4-6-17/h2-14,21,24H,15H2,1H3. The number of ketones is 1. The summed E-state index contributed by atoms with van der Waals surface area (Å²) in [5, 5.41) is 3.48. The molecule has 132 valence electrons. The number of benzene rings is 3. The fourth-order valence-corrected chi connectivity index (χ4v) is 3.03. The molecule has 3 aromatic rings. The highest BCUT2D eigenvalue weighted by atomic mass is 79.9. The van der Waals surface area contributed by atoms with E-state index in [9.17, 15) is 4.79 Å². The van der Waals surface area contributed by atoms with Crippen molar-refractivity contribution in [3.05, 3.63) is 94.5 Å². The van der Waals surface area contributed by atoms with Crippen LogP contribution in [0.4, 0.5) is 5.69 Å². The summed E-state index contributed by atoms with van der Waals surface area (Å²) in [6.45, 7) is 0. The van der Waals surface area contributed by atoms with Crippen LogP contribution in [-0.2, 0) is 0 Å². The molecular formula is C22H20BrNO2. The Hall–Kier alpha value is -2.59. The minimum atomic E-state index is -0.130. The average molecular weight is 410 g/mol. The van der Waals surface area contributed by atoms with E-state index >= 15 is 0 Å². The highest BCUT2D eigenvalue weighted by molar-refractivity contribution is 9.10. The minimum Gasteiger partial charge on any atom is -0.497 e. The summed E-state index contributed by atoms with van der Waals surface area (Å²) in [6.07, 6.45) is 0.367. The van der Waals surface area contributed by atoms with Crippen LogP contribution in [0.3, 0.4) is 0 Å². The Morgan fingerprint density at radius 2 is 1.62 bits per heavy atom. The molecule has 0 spiro atoms. The molecule has 0 radical (unpaired) electrons. The van der Waals surface area contributed by atoms with Crippen LogP contribution < -0.4 is 10.1 Å². The van der Waals surface area contributed by atoms with E-state index in [0.717, 1.165) is 27.0 Å². The Bertz CT molecular complexity index is 846. The van der Waals surface area contributed by atoms with Crippen molar-refractivity contribution < 1.29 is 9.53 Å². The van der Waals surface area contributed by atoms with E-state index in [0.29, 0.717) is 6.42 Å². The van der Waals surface area contributed by atoms with Crippen molar-refractivity contribution in [3.63, 3.8) is 0 Å². The number of hydrogen-bond donors (Lipinski definition) is 1. The lowest BCUT2D eigenvalue weighted by atomic mass is 9.97. The molecule has 3 aromatic carbocycles. The van der Waals surface area contributed by atoms with Gasteiger partial charge in [0.2, 0.25) is 0 Å². The first kappa shape index (κ1) is 18.2. The van der Waals surface area contributed by atoms with Crippen LogP contribution in [0.15, 0.2) is 83.3 Å². The number of halogens is 1. The van der Waals surface area contributed by atoms with Crippen molar-refractivity contribution >= 4 is 27.4 Å². The molecule has 1 N–H and O–H groups in total. The lowest BCUT2D eigenvalue weighted by Crippen LogP contribution is -2.15. The SMILES string of the molecule is COc1ccc(C(CC(=O)c2ccccc2)Nc2ccc(Br)cc2)cc1. The molecule has 3 nitrogen and oxygen atoms in total. The first-order chi connectivity index (χ1) is 12.7. The Morgan fingerprint density at radius 3 is 2.23 bits per heavy atom. The molecule has 4 heteroatoms. The number of methoxy groups -OCH3 is 1. The van der Waals surface area contributed by atoms with Crippen molar-refractivity contribution in [1.82, 2.24) is 0 Å². The van der Waals surface area contributed by atoms with Crippen LogP contribution in [0, 0.1) is 0 Å². The Balaban J connectivity index is 1.84. The van der Waals surface area contributed by atoms with Gasteiger partial charge in [0.15, 0.2) is 5.78 Å². The highest BCUT2D eigenvalue weighted by Gasteiger charge is 2.17. The summed E-state index contributed by atoms with van der Waals surface area (Å²) >= 11 is 3.45. The number of carbonyl (C=O) groups is 1. The molecule has 0 fully saturated rings. The van der Waals surface area contributed by atoms with Gasteiger partial charge >= 0.3 is 0 Å². The molecule has 0 saturated heterocycles. The van der Waals surface area contributed by atoms with Gasteiger partial charge < -0.3 is 10.1 Å². The fourth-order valence-electron chi connectivity index (χ4n) is 2.76. The summed E-state index contributed by atoms with van der Waals surface area (Å²) in [7, 11) is 1.64. The van der Waals surface area contributed by atoms with Gasteiger partial charge in [0.25, 0.3) is 0 Å². The van der Waals surface area contributed by atoms with Gasteiger partial charge in [0, 0.05) is 22.1 Å². The lowest BCUT2D eigenvalue weighted by Gasteiger charge is -2.20. The summed E-state index contributed by atoms with van der Waals surface area (Å²) in [4.78, 5) is 12.7. The van der Waals surface area contributed by atoms with E-state index in [1.165, 1.54) is 0 Å². The third-order valence-corrected chi connectivity index (χ3v) is 4.72. The van der Waals surface area contributed by atoms with Gasteiger partial charge in [-0.15, -0.1) is 0 Å². The van der Waals surface area contributed by atoms with E-state index < -0.39 is 0 Å². The average Bonchev–Trinajstić information content (AvgIpc) is 2.70. The molecule has 0 aliphatic heterocycles. The molecule has 0 aromatic heterocycles. The molecule has 0 heterocycles. The molecule has 0 saturated carbocycles. The van der Waals surface area contributed by atoms with Crippen LogP contribution in [0.2, 0.25) is 0 Å². The number of Topliss-reactive ketones (excluding diaryl/α,β-unsaturated/α-hetero) is 1. The summed E-state index contributed by atoms with van der Waals surface area (Å²) in [5.74, 6) is 0.904. The van der Waals surface area contributed by atoms with Gasteiger partial charge in [-0.1, -0.05) is 58.4 Å². The molecule has 0 aliphatic carbocycles. The molecule has 26 heavy (non-hydrogen) atoms. The minimum absolute atomic E-state index is 0.107. The van der Waals surface area contributed by atoms with E-state index in [1.807, 2.05) is 78.9 Å². The Labute approximate surface area is 162 Å². The monoisotopic (exact) mass is 409 g/mol. The third kappa shape index (κ3) is 4.73. The maximum atomic E-state index is 12.7. The zero-order valence-corrected chi connectivity index (χ0v) is 16.1. The van der Waals surface area contributed by atoms with Crippen molar-refractivity contribution in [2.45, 2.75) is 12.5 Å². The van der Waals surface area contributed by atoms with Crippen molar-refractivity contribution in [2.75, 3.05) is 12.4 Å². The number of carbonyl (C=O) groups excluding carboxylic acids is 1. The van der Waals surface area contributed by atoms with Crippen LogP contribution >= 0.6 is 15.9 Å². The van der Waals surface area contributed by atoms with Gasteiger partial charge in [-0.25, -0.2) is 0 Å². The number of hydrogen-bond acceptors (Lipinski definition) is 3. The topological polar surface area (TPSA) is 38.3 Å². The maximum Gasteiger partial charge on any atom is 0.165 e. The maximum absolute atomic E-state index is 12.7. The molecule has 1 atom stereocenters. The molecule has 0 amide bonds. The predicted octanol–water partition coefficient (Wildman–Crippen LogP) is 5.88. The van der Waals surface area contributed by atoms with Crippen LogP contribution in [0.1, 0.15) is 28.4 Å². The Kier molecular flexibility index (Phi) is 6.08. The van der Waals surface area contributed by atoms with Gasteiger partial charge in [0.05, 0.1) is 13.2 Å². The lowest BCUT2D eigenvalue weighted by molar-refractivity contribution is 0.0976. The molecular weight excluding hydrogens is 390 g/mol. The normalized spacial score (nSPS) is 11.6. The zero-order chi connectivity index (χ0) is 18.4. The largest absolute Gasteiger partial charge is 0.497 e. The second-order valence-corrected chi connectivity index (χ2v) is 6.89. The van der Waals surface area contributed by atoms with Crippen LogP contribution in [0.25, 0.3) is 0 Å². The van der Waals surface area contributed by atoms with Crippen molar-refractivity contribution in [3.8, 4) is 5.75 Å². The highest BCUT2D eigenvalue weighted by Crippen LogP contribution is 2.27. The van der Waals surface area contributed by atoms with E-state index in [-0.39, 0.29) is 11.8 Å². The van der Waals surface area contributed by atoms with Crippen molar-refractivity contribution in [2.24, 2.45) is 0 Å². The van der Waals surface area contributed by atoms with Gasteiger partial charge in [-0.3, -0.25) is 4.79 Å². The number of rotatable bonds is 7. The second kappa shape index (κ2) is 8.68. The van der Waals surface area contributed by atoms with E-state index in [1.54, 1.807) is 7.11 Å². The van der Waals surface area contributed by atoms with E-state index in [4.69, 9.17) is 4.74 Å². The van der Waals surface area contributed by atoms with Gasteiger partial charge in [-0.05, 0) is 42.0 Å². The number of ether oxygens (including phenoxy) is 1. The number of anilines is 1.